The third-order valence-electron chi connectivity index (χ3n) is 2.67. The van der Waals surface area contributed by atoms with Crippen molar-refractivity contribution in [2.24, 2.45) is 0 Å². The molecule has 0 bridgehead atoms. The number of pyridine rings is 1. The Morgan fingerprint density at radius 1 is 1.26 bits per heavy atom. The van der Waals surface area contributed by atoms with Crippen LogP contribution in [0.5, 0.6) is 0 Å². The fourth-order valence-electron chi connectivity index (χ4n) is 1.64. The number of hydrogen-bond acceptors (Lipinski definition) is 2. The summed E-state index contributed by atoms with van der Waals surface area (Å²) in [5, 5.41) is 2.78. The quantitative estimate of drug-likeness (QED) is 0.879. The molecule has 2 aromatic rings. The Kier molecular flexibility index (Phi) is 4.27. The molecule has 1 heterocycles. The highest BCUT2D eigenvalue weighted by atomic mass is 79.9. The van der Waals surface area contributed by atoms with Gasteiger partial charge in [-0.15, -0.1) is 0 Å². The molecule has 1 atom stereocenters. The molecular weight excluding hydrogens is 311 g/mol. The molecule has 0 fully saturated rings. The first-order valence-electron chi connectivity index (χ1n) is 5.75. The van der Waals surface area contributed by atoms with E-state index in [2.05, 4.69) is 26.2 Å². The van der Waals surface area contributed by atoms with Gasteiger partial charge >= 0.3 is 0 Å². The zero-order valence-electron chi connectivity index (χ0n) is 10.2. The van der Waals surface area contributed by atoms with Gasteiger partial charge < -0.3 is 5.32 Å². The summed E-state index contributed by atoms with van der Waals surface area (Å²) in [5.74, 6) is -1.06. The summed E-state index contributed by atoms with van der Waals surface area (Å²) in [6.45, 7) is 1.86. The molecule has 2 rings (SSSR count). The summed E-state index contributed by atoms with van der Waals surface area (Å²) >= 11 is 3.35. The fraction of sp³-hybridized carbons (Fsp3) is 0.143. The Morgan fingerprint density at radius 3 is 2.58 bits per heavy atom. The van der Waals surface area contributed by atoms with Crippen molar-refractivity contribution in [2.45, 2.75) is 13.0 Å². The molecule has 5 heteroatoms. The molecule has 1 aromatic heterocycles. The van der Waals surface area contributed by atoms with Crippen molar-refractivity contribution in [1.82, 2.24) is 10.3 Å². The van der Waals surface area contributed by atoms with E-state index < -0.39 is 11.9 Å². The van der Waals surface area contributed by atoms with Crippen molar-refractivity contribution in [3.8, 4) is 0 Å². The molecule has 3 nitrogen and oxygen atoms in total. The van der Waals surface area contributed by atoms with Crippen molar-refractivity contribution >= 4 is 21.8 Å². The second kappa shape index (κ2) is 5.93. The predicted molar refractivity (Wildman–Crippen MR) is 74.2 cm³/mol. The molecule has 1 aromatic carbocycles. The average molecular weight is 323 g/mol. The van der Waals surface area contributed by atoms with E-state index >= 15 is 0 Å². The molecule has 98 valence electrons. The summed E-state index contributed by atoms with van der Waals surface area (Å²) in [5.41, 5.74) is 1.04. The number of nitrogens with one attached hydrogen (secondary N) is 1. The number of amides is 1. The van der Waals surface area contributed by atoms with Crippen LogP contribution >= 0.6 is 15.9 Å². The number of aromatic nitrogens is 1. The van der Waals surface area contributed by atoms with E-state index in [0.29, 0.717) is 0 Å². The molecule has 19 heavy (non-hydrogen) atoms. The Morgan fingerprint density at radius 2 is 1.95 bits per heavy atom. The highest BCUT2D eigenvalue weighted by Crippen LogP contribution is 2.16. The van der Waals surface area contributed by atoms with Crippen LogP contribution < -0.4 is 5.32 Å². The molecular formula is C14H12BrFN2O. The molecule has 0 saturated carbocycles. The smallest absolute Gasteiger partial charge is 0.270 e. The third-order valence-corrected chi connectivity index (χ3v) is 3.19. The van der Waals surface area contributed by atoms with Crippen LogP contribution in [0.15, 0.2) is 46.9 Å². The lowest BCUT2D eigenvalue weighted by atomic mass is 10.1. The molecule has 0 unspecified atom stereocenters. The highest BCUT2D eigenvalue weighted by Gasteiger charge is 2.12. The Bertz CT molecular complexity index is 586. The second-order valence-corrected chi connectivity index (χ2v) is 5.01. The van der Waals surface area contributed by atoms with Crippen LogP contribution in [0.2, 0.25) is 0 Å². The Balaban J connectivity index is 2.08. The summed E-state index contributed by atoms with van der Waals surface area (Å²) in [6.07, 6.45) is 0. The molecule has 0 aliphatic heterocycles. The maximum Gasteiger partial charge on any atom is 0.270 e. The van der Waals surface area contributed by atoms with Gasteiger partial charge in [-0.2, -0.15) is 4.39 Å². The topological polar surface area (TPSA) is 42.0 Å². The number of halogens is 2. The van der Waals surface area contributed by atoms with E-state index in [-0.39, 0.29) is 11.7 Å². The number of nitrogens with zero attached hydrogens (tertiary/aromatic N) is 1. The number of carbonyl (C=O) groups is 1. The van der Waals surface area contributed by atoms with Crippen LogP contribution in [0, 0.1) is 5.95 Å². The number of benzene rings is 1. The van der Waals surface area contributed by atoms with E-state index in [1.54, 1.807) is 0 Å². The number of carbonyl (C=O) groups excluding carboxylic acids is 1. The minimum atomic E-state index is -0.663. The average Bonchev–Trinajstić information content (AvgIpc) is 2.39. The first kappa shape index (κ1) is 13.7. The first-order chi connectivity index (χ1) is 9.06. The fourth-order valence-corrected chi connectivity index (χ4v) is 1.90. The minimum Gasteiger partial charge on any atom is -0.344 e. The van der Waals surface area contributed by atoms with Gasteiger partial charge in [-0.3, -0.25) is 4.79 Å². The SMILES string of the molecule is C[C@@H](NC(=O)c1cccc(F)n1)c1ccc(Br)cc1. The highest BCUT2D eigenvalue weighted by molar-refractivity contribution is 9.10. The third kappa shape index (κ3) is 3.61. The summed E-state index contributed by atoms with van der Waals surface area (Å²) in [7, 11) is 0. The molecule has 0 spiro atoms. The summed E-state index contributed by atoms with van der Waals surface area (Å²) < 4.78 is 13.9. The van der Waals surface area contributed by atoms with Crippen molar-refractivity contribution in [3.05, 3.63) is 64.1 Å². The van der Waals surface area contributed by atoms with Crippen molar-refractivity contribution in [1.29, 1.82) is 0 Å². The number of rotatable bonds is 3. The largest absolute Gasteiger partial charge is 0.344 e. The van der Waals surface area contributed by atoms with Gasteiger partial charge in [0.05, 0.1) is 6.04 Å². The van der Waals surface area contributed by atoms with E-state index in [9.17, 15) is 9.18 Å². The Hall–Kier alpha value is -1.75. The van der Waals surface area contributed by atoms with E-state index in [1.165, 1.54) is 18.2 Å². The van der Waals surface area contributed by atoms with Gasteiger partial charge in [0.2, 0.25) is 5.95 Å². The molecule has 0 aliphatic carbocycles. The molecule has 1 amide bonds. The second-order valence-electron chi connectivity index (χ2n) is 4.09. The van der Waals surface area contributed by atoms with E-state index in [1.807, 2.05) is 31.2 Å². The van der Waals surface area contributed by atoms with Gasteiger partial charge in [0.15, 0.2) is 0 Å². The maximum atomic E-state index is 12.9. The lowest BCUT2D eigenvalue weighted by Gasteiger charge is -2.14. The van der Waals surface area contributed by atoms with E-state index in [4.69, 9.17) is 0 Å². The molecule has 0 aliphatic rings. The Labute approximate surface area is 119 Å². The predicted octanol–water partition coefficient (Wildman–Crippen LogP) is 3.47. The first-order valence-corrected chi connectivity index (χ1v) is 6.54. The van der Waals surface area contributed by atoms with Gasteiger partial charge in [0.1, 0.15) is 5.69 Å². The molecule has 0 saturated heterocycles. The molecule has 1 N–H and O–H groups in total. The van der Waals surface area contributed by atoms with E-state index in [0.717, 1.165) is 10.0 Å². The maximum absolute atomic E-state index is 12.9. The van der Waals surface area contributed by atoms with Gasteiger partial charge in [-0.05, 0) is 36.8 Å². The van der Waals surface area contributed by atoms with Gasteiger partial charge in [-0.25, -0.2) is 4.98 Å². The van der Waals surface area contributed by atoms with Gasteiger partial charge in [0, 0.05) is 4.47 Å². The van der Waals surface area contributed by atoms with Crippen LogP contribution in [0.25, 0.3) is 0 Å². The zero-order valence-corrected chi connectivity index (χ0v) is 11.8. The van der Waals surface area contributed by atoms with Crippen LogP contribution in [0.3, 0.4) is 0 Å². The minimum absolute atomic E-state index is 0.0731. The van der Waals surface area contributed by atoms with Crippen molar-refractivity contribution in [2.75, 3.05) is 0 Å². The lowest BCUT2D eigenvalue weighted by Crippen LogP contribution is -2.27. The van der Waals surface area contributed by atoms with Crippen LogP contribution in [-0.4, -0.2) is 10.9 Å². The van der Waals surface area contributed by atoms with Crippen molar-refractivity contribution < 1.29 is 9.18 Å². The van der Waals surface area contributed by atoms with Crippen LogP contribution in [-0.2, 0) is 0 Å². The lowest BCUT2D eigenvalue weighted by molar-refractivity contribution is 0.0933. The molecule has 0 radical (unpaired) electrons. The standard InChI is InChI=1S/C14H12BrFN2O/c1-9(10-5-7-11(15)8-6-10)17-14(19)12-3-2-4-13(16)18-12/h2-9H,1H3,(H,17,19)/t9-/m1/s1. The summed E-state index contributed by atoms with van der Waals surface area (Å²) in [4.78, 5) is 15.4. The van der Waals surface area contributed by atoms with Crippen LogP contribution in [0.4, 0.5) is 4.39 Å². The summed E-state index contributed by atoms with van der Waals surface area (Å²) in [6, 6.07) is 11.6. The van der Waals surface area contributed by atoms with Crippen LogP contribution in [0.1, 0.15) is 29.0 Å². The van der Waals surface area contributed by atoms with Gasteiger partial charge in [-0.1, -0.05) is 34.1 Å². The van der Waals surface area contributed by atoms with Gasteiger partial charge in [0.25, 0.3) is 5.91 Å². The zero-order chi connectivity index (χ0) is 13.8. The monoisotopic (exact) mass is 322 g/mol. The van der Waals surface area contributed by atoms with Crippen molar-refractivity contribution in [3.63, 3.8) is 0 Å². The normalized spacial score (nSPS) is 11.9. The number of hydrogen-bond donors (Lipinski definition) is 1.